The molecule has 20 heavy (non-hydrogen) atoms. The first-order valence-electron chi connectivity index (χ1n) is 7.01. The lowest BCUT2D eigenvalue weighted by Gasteiger charge is -2.23. The minimum absolute atomic E-state index is 0.0296. The van der Waals surface area contributed by atoms with Gasteiger partial charge in [0.1, 0.15) is 0 Å². The summed E-state index contributed by atoms with van der Waals surface area (Å²) in [6.45, 7) is 6.36. The lowest BCUT2D eigenvalue weighted by molar-refractivity contribution is -0.116. The topological polar surface area (TPSA) is 57.8 Å². The van der Waals surface area contributed by atoms with E-state index in [1.54, 1.807) is 0 Å². The number of hydrogen-bond donors (Lipinski definition) is 2. The van der Waals surface area contributed by atoms with Crippen LogP contribution in [0.1, 0.15) is 54.5 Å². The monoisotopic (exact) mass is 269 g/mol. The van der Waals surface area contributed by atoms with Crippen molar-refractivity contribution in [3.05, 3.63) is 46.6 Å². The molecular weight excluding hydrogens is 250 g/mol. The number of aromatic nitrogens is 2. The van der Waals surface area contributed by atoms with E-state index in [0.29, 0.717) is 18.2 Å². The molecule has 0 radical (unpaired) electrons. The van der Waals surface area contributed by atoms with Crippen molar-refractivity contribution < 1.29 is 4.79 Å². The normalized spacial score (nSPS) is 18.0. The maximum atomic E-state index is 11.8. The molecule has 4 nitrogen and oxygen atoms in total. The second-order valence-corrected chi connectivity index (χ2v) is 5.74. The quantitative estimate of drug-likeness (QED) is 0.878. The van der Waals surface area contributed by atoms with Gasteiger partial charge in [0.25, 0.3) is 0 Å². The van der Waals surface area contributed by atoms with Crippen molar-refractivity contribution in [3.8, 4) is 0 Å². The molecule has 1 aliphatic rings. The molecule has 0 saturated carbocycles. The third-order valence-electron chi connectivity index (χ3n) is 4.00. The Balaban J connectivity index is 2.01. The first-order valence-corrected chi connectivity index (χ1v) is 7.01. The fourth-order valence-corrected chi connectivity index (χ4v) is 2.83. The van der Waals surface area contributed by atoms with Crippen LogP contribution in [0.25, 0.3) is 0 Å². The summed E-state index contributed by atoms with van der Waals surface area (Å²) in [6.07, 6.45) is 0.481. The minimum atomic E-state index is 0.0296. The van der Waals surface area contributed by atoms with E-state index in [1.807, 2.05) is 6.92 Å². The Bertz CT molecular complexity index is 640. The van der Waals surface area contributed by atoms with Gasteiger partial charge in [0.15, 0.2) is 5.82 Å². The highest BCUT2D eigenvalue weighted by atomic mass is 16.1. The highest BCUT2D eigenvalue weighted by Gasteiger charge is 2.30. The molecule has 1 unspecified atom stereocenters. The second kappa shape index (κ2) is 4.78. The summed E-state index contributed by atoms with van der Waals surface area (Å²) in [4.78, 5) is 11.8. The van der Waals surface area contributed by atoms with Crippen molar-refractivity contribution in [2.75, 3.05) is 5.32 Å². The Morgan fingerprint density at radius 3 is 2.60 bits per heavy atom. The Morgan fingerprint density at radius 1 is 1.25 bits per heavy atom. The van der Waals surface area contributed by atoms with Crippen LogP contribution in [0.15, 0.2) is 24.3 Å². The number of nitrogens with zero attached hydrogens (tertiary/aromatic N) is 1. The lowest BCUT2D eigenvalue weighted by atomic mass is 9.85. The summed E-state index contributed by atoms with van der Waals surface area (Å²) in [5.74, 6) is 1.32. The van der Waals surface area contributed by atoms with Crippen LogP contribution in [0.2, 0.25) is 0 Å². The van der Waals surface area contributed by atoms with E-state index in [9.17, 15) is 4.79 Å². The molecule has 0 fully saturated rings. The molecule has 3 rings (SSSR count). The van der Waals surface area contributed by atoms with Crippen LogP contribution in [0, 0.1) is 6.92 Å². The van der Waals surface area contributed by atoms with Crippen LogP contribution in [0.3, 0.4) is 0 Å². The molecule has 0 aliphatic carbocycles. The van der Waals surface area contributed by atoms with Crippen molar-refractivity contribution in [3.63, 3.8) is 0 Å². The smallest absolute Gasteiger partial charge is 0.226 e. The van der Waals surface area contributed by atoms with Gasteiger partial charge in [-0.15, -0.1) is 0 Å². The number of carbonyl (C=O) groups excluding carboxylic acids is 1. The molecule has 1 amide bonds. The van der Waals surface area contributed by atoms with E-state index in [2.05, 4.69) is 53.6 Å². The predicted molar refractivity (Wildman–Crippen MR) is 78.9 cm³/mol. The molecule has 1 aliphatic heterocycles. The van der Waals surface area contributed by atoms with Crippen LogP contribution in [-0.4, -0.2) is 16.1 Å². The van der Waals surface area contributed by atoms with Crippen LogP contribution in [-0.2, 0) is 4.79 Å². The Kier molecular flexibility index (Phi) is 3.08. The summed E-state index contributed by atoms with van der Waals surface area (Å²) in [6, 6.07) is 8.58. The highest BCUT2D eigenvalue weighted by Crippen LogP contribution is 2.38. The third-order valence-corrected chi connectivity index (χ3v) is 4.00. The van der Waals surface area contributed by atoms with Gasteiger partial charge in [0.2, 0.25) is 5.91 Å². The molecule has 1 atom stereocenters. The first-order chi connectivity index (χ1) is 9.56. The van der Waals surface area contributed by atoms with Gasteiger partial charge in [0.05, 0.1) is 0 Å². The summed E-state index contributed by atoms with van der Waals surface area (Å²) < 4.78 is 0. The molecule has 1 aromatic heterocycles. The van der Waals surface area contributed by atoms with Gasteiger partial charge in [-0.05, 0) is 24.0 Å². The largest absolute Gasteiger partial charge is 0.309 e. The second-order valence-electron chi connectivity index (χ2n) is 5.74. The number of aryl methyl sites for hydroxylation is 1. The summed E-state index contributed by atoms with van der Waals surface area (Å²) >= 11 is 0. The molecular formula is C16H19N3O. The molecule has 104 valence electrons. The molecule has 0 spiro atoms. The van der Waals surface area contributed by atoms with E-state index in [-0.39, 0.29) is 11.8 Å². The van der Waals surface area contributed by atoms with Gasteiger partial charge in [0, 0.05) is 23.6 Å². The average Bonchev–Trinajstić information content (AvgIpc) is 2.79. The standard InChI is InChI=1S/C16H19N3O/c1-9(2)11-4-6-12(7-5-11)13-8-14(20)17-16-15(13)10(3)18-19-16/h4-7,9,13H,8H2,1-3H3,(H2,17,18,19,20). The number of H-pyrrole nitrogens is 1. The molecule has 2 N–H and O–H groups in total. The number of benzene rings is 1. The highest BCUT2D eigenvalue weighted by molar-refractivity contribution is 5.94. The fourth-order valence-electron chi connectivity index (χ4n) is 2.83. The maximum absolute atomic E-state index is 11.8. The van der Waals surface area contributed by atoms with Crippen molar-refractivity contribution in [1.29, 1.82) is 0 Å². The van der Waals surface area contributed by atoms with Crippen molar-refractivity contribution >= 4 is 11.7 Å². The van der Waals surface area contributed by atoms with Crippen LogP contribution < -0.4 is 5.32 Å². The van der Waals surface area contributed by atoms with E-state index in [0.717, 1.165) is 11.3 Å². The number of carbonyl (C=O) groups is 1. The zero-order chi connectivity index (χ0) is 14.3. The molecule has 2 aromatic rings. The van der Waals surface area contributed by atoms with Gasteiger partial charge >= 0.3 is 0 Å². The van der Waals surface area contributed by atoms with Crippen molar-refractivity contribution in [2.45, 2.75) is 39.0 Å². The fraction of sp³-hybridized carbons (Fsp3) is 0.375. The maximum Gasteiger partial charge on any atom is 0.226 e. The van der Waals surface area contributed by atoms with Gasteiger partial charge < -0.3 is 5.32 Å². The van der Waals surface area contributed by atoms with Crippen LogP contribution >= 0.6 is 0 Å². The van der Waals surface area contributed by atoms with E-state index in [1.165, 1.54) is 11.1 Å². The molecule has 0 bridgehead atoms. The van der Waals surface area contributed by atoms with Gasteiger partial charge in [-0.1, -0.05) is 38.1 Å². The van der Waals surface area contributed by atoms with Crippen LogP contribution in [0.4, 0.5) is 5.82 Å². The third kappa shape index (κ3) is 2.11. The molecule has 0 saturated heterocycles. The number of amides is 1. The predicted octanol–water partition coefficient (Wildman–Crippen LogP) is 3.32. The number of nitrogens with one attached hydrogen (secondary N) is 2. The Labute approximate surface area is 118 Å². The van der Waals surface area contributed by atoms with Gasteiger partial charge in [-0.25, -0.2) is 0 Å². The zero-order valence-electron chi connectivity index (χ0n) is 12.0. The summed E-state index contributed by atoms with van der Waals surface area (Å²) in [5.41, 5.74) is 4.63. The summed E-state index contributed by atoms with van der Waals surface area (Å²) in [5, 5.41) is 9.96. The SMILES string of the molecule is Cc1[nH]nc2c1C(c1ccc(C(C)C)cc1)CC(=O)N2. The van der Waals surface area contributed by atoms with E-state index < -0.39 is 0 Å². The van der Waals surface area contributed by atoms with E-state index >= 15 is 0 Å². The number of rotatable bonds is 2. The Hall–Kier alpha value is -2.10. The molecule has 2 heterocycles. The molecule has 4 heteroatoms. The number of fused-ring (bicyclic) bond motifs is 1. The molecule has 1 aromatic carbocycles. The zero-order valence-corrected chi connectivity index (χ0v) is 12.0. The number of aromatic amines is 1. The minimum Gasteiger partial charge on any atom is -0.309 e. The average molecular weight is 269 g/mol. The number of hydrogen-bond acceptors (Lipinski definition) is 2. The Morgan fingerprint density at radius 2 is 1.95 bits per heavy atom. The van der Waals surface area contributed by atoms with Gasteiger partial charge in [-0.3, -0.25) is 9.89 Å². The van der Waals surface area contributed by atoms with Crippen molar-refractivity contribution in [1.82, 2.24) is 10.2 Å². The van der Waals surface area contributed by atoms with Gasteiger partial charge in [-0.2, -0.15) is 5.10 Å². The van der Waals surface area contributed by atoms with Crippen LogP contribution in [0.5, 0.6) is 0 Å². The lowest BCUT2D eigenvalue weighted by Crippen LogP contribution is -2.23. The van der Waals surface area contributed by atoms with Crippen molar-refractivity contribution in [2.24, 2.45) is 0 Å². The first kappa shape index (κ1) is 12.9. The van der Waals surface area contributed by atoms with E-state index in [4.69, 9.17) is 0 Å². The summed E-state index contributed by atoms with van der Waals surface area (Å²) in [7, 11) is 0. The number of anilines is 1.